The Morgan fingerprint density at radius 1 is 1.40 bits per heavy atom. The van der Waals surface area contributed by atoms with E-state index in [-0.39, 0.29) is 0 Å². The molecule has 0 radical (unpaired) electrons. The Hall–Kier alpha value is -0.530. The molecule has 0 amide bonds. The van der Waals surface area contributed by atoms with Gasteiger partial charge in [0, 0.05) is 6.92 Å². The van der Waals surface area contributed by atoms with E-state index in [2.05, 4.69) is 4.99 Å². The lowest BCUT2D eigenvalue weighted by atomic mass is 9.94. The topological polar surface area (TPSA) is 21.6 Å². The zero-order chi connectivity index (χ0) is 6.97. The third kappa shape index (κ3) is 0.917. The molecule has 2 heteroatoms. The maximum Gasteiger partial charge on any atom is 0.180 e. The average Bonchev–Trinajstić information content (AvgIpc) is 2.27. The molecule has 0 aromatic rings. The minimum Gasteiger partial charge on any atom is -0.476 e. The smallest absolute Gasteiger partial charge is 0.180 e. The number of hydrogen-bond acceptors (Lipinski definition) is 2. The largest absolute Gasteiger partial charge is 0.476 e. The van der Waals surface area contributed by atoms with Crippen LogP contribution < -0.4 is 0 Å². The van der Waals surface area contributed by atoms with Gasteiger partial charge in [-0.1, -0.05) is 6.42 Å². The average molecular weight is 139 g/mol. The molecule has 1 fully saturated rings. The predicted octanol–water partition coefficient (Wildman–Crippen LogP) is 1.75. The zero-order valence-corrected chi connectivity index (χ0v) is 6.34. The van der Waals surface area contributed by atoms with Crippen molar-refractivity contribution in [1.82, 2.24) is 0 Å². The van der Waals surface area contributed by atoms with E-state index in [0.717, 1.165) is 5.90 Å². The highest BCUT2D eigenvalue weighted by atomic mass is 16.5. The van der Waals surface area contributed by atoms with Crippen LogP contribution in [0.2, 0.25) is 0 Å². The highest BCUT2D eigenvalue weighted by Crippen LogP contribution is 2.27. The van der Waals surface area contributed by atoms with Crippen molar-refractivity contribution in [3.8, 4) is 0 Å². The summed E-state index contributed by atoms with van der Waals surface area (Å²) in [7, 11) is 0. The first-order valence-corrected chi connectivity index (χ1v) is 4.07. The quantitative estimate of drug-likeness (QED) is 0.501. The molecule has 0 N–H and O–H groups in total. The van der Waals surface area contributed by atoms with E-state index in [9.17, 15) is 0 Å². The molecular weight excluding hydrogens is 126 g/mol. The van der Waals surface area contributed by atoms with Gasteiger partial charge in [-0.3, -0.25) is 0 Å². The Bertz CT molecular complexity index is 165. The molecule has 0 saturated heterocycles. The number of nitrogens with zero attached hydrogens (tertiary/aromatic N) is 1. The first-order valence-electron chi connectivity index (χ1n) is 4.07. The second kappa shape index (κ2) is 2.26. The van der Waals surface area contributed by atoms with E-state index in [1.165, 1.54) is 25.7 Å². The van der Waals surface area contributed by atoms with Gasteiger partial charge in [0.15, 0.2) is 5.90 Å². The van der Waals surface area contributed by atoms with Gasteiger partial charge in [0.25, 0.3) is 0 Å². The molecule has 56 valence electrons. The van der Waals surface area contributed by atoms with Gasteiger partial charge in [-0.05, 0) is 19.3 Å². The van der Waals surface area contributed by atoms with E-state index in [1.54, 1.807) is 0 Å². The van der Waals surface area contributed by atoms with Crippen LogP contribution >= 0.6 is 0 Å². The van der Waals surface area contributed by atoms with Crippen LogP contribution in [-0.2, 0) is 4.74 Å². The standard InChI is InChI=1S/C8H13NO/c1-6-9-7-4-2-3-5-8(7)10-6/h7-8H,2-5H2,1H3/t7-,8-/m0/s1. The van der Waals surface area contributed by atoms with E-state index in [0.29, 0.717) is 12.1 Å². The lowest BCUT2D eigenvalue weighted by Gasteiger charge is -2.21. The van der Waals surface area contributed by atoms with Crippen molar-refractivity contribution in [3.05, 3.63) is 0 Å². The highest BCUT2D eigenvalue weighted by molar-refractivity contribution is 5.75. The highest BCUT2D eigenvalue weighted by Gasteiger charge is 2.30. The summed E-state index contributed by atoms with van der Waals surface area (Å²) in [4.78, 5) is 4.40. The second-order valence-electron chi connectivity index (χ2n) is 3.16. The number of fused-ring (bicyclic) bond motifs is 1. The second-order valence-corrected chi connectivity index (χ2v) is 3.16. The Labute approximate surface area is 61.3 Å². The van der Waals surface area contributed by atoms with E-state index < -0.39 is 0 Å². The van der Waals surface area contributed by atoms with Gasteiger partial charge in [-0.2, -0.15) is 0 Å². The lowest BCUT2D eigenvalue weighted by molar-refractivity contribution is 0.151. The molecule has 0 aromatic carbocycles. The Kier molecular flexibility index (Phi) is 1.40. The van der Waals surface area contributed by atoms with Gasteiger partial charge in [0.05, 0.1) is 6.04 Å². The maximum absolute atomic E-state index is 5.52. The van der Waals surface area contributed by atoms with E-state index >= 15 is 0 Å². The zero-order valence-electron chi connectivity index (χ0n) is 6.34. The van der Waals surface area contributed by atoms with Crippen LogP contribution in [0, 0.1) is 0 Å². The normalized spacial score (nSPS) is 38.3. The molecule has 2 atom stereocenters. The molecule has 1 saturated carbocycles. The summed E-state index contributed by atoms with van der Waals surface area (Å²) in [6.07, 6.45) is 5.55. The van der Waals surface area contributed by atoms with Crippen molar-refractivity contribution in [1.29, 1.82) is 0 Å². The van der Waals surface area contributed by atoms with Gasteiger partial charge in [0.1, 0.15) is 6.10 Å². The summed E-state index contributed by atoms with van der Waals surface area (Å²) in [6, 6.07) is 0.508. The van der Waals surface area contributed by atoms with Crippen LogP contribution in [0.1, 0.15) is 32.6 Å². The van der Waals surface area contributed by atoms with E-state index in [1.807, 2.05) is 6.92 Å². The summed E-state index contributed by atoms with van der Waals surface area (Å²) < 4.78 is 5.52. The lowest BCUT2D eigenvalue weighted by Crippen LogP contribution is -2.25. The fraction of sp³-hybridized carbons (Fsp3) is 0.875. The monoisotopic (exact) mass is 139 g/mol. The van der Waals surface area contributed by atoms with Crippen molar-refractivity contribution in [2.45, 2.75) is 44.8 Å². The van der Waals surface area contributed by atoms with Crippen LogP contribution in [0.15, 0.2) is 4.99 Å². The van der Waals surface area contributed by atoms with Crippen molar-refractivity contribution >= 4 is 5.90 Å². The fourth-order valence-electron chi connectivity index (χ4n) is 1.85. The molecule has 2 nitrogen and oxygen atoms in total. The third-order valence-electron chi connectivity index (χ3n) is 2.34. The molecule has 1 heterocycles. The SMILES string of the molecule is CC1=N[C@H]2CCCC[C@@H]2O1. The summed E-state index contributed by atoms with van der Waals surface area (Å²) >= 11 is 0. The number of ether oxygens (including phenoxy) is 1. The molecule has 1 aliphatic heterocycles. The Morgan fingerprint density at radius 3 is 3.00 bits per heavy atom. The molecule has 0 unspecified atom stereocenters. The van der Waals surface area contributed by atoms with Gasteiger partial charge in [0.2, 0.25) is 0 Å². The van der Waals surface area contributed by atoms with Crippen LogP contribution in [0.25, 0.3) is 0 Å². The molecule has 2 aliphatic rings. The Morgan fingerprint density at radius 2 is 2.20 bits per heavy atom. The molecule has 10 heavy (non-hydrogen) atoms. The van der Waals surface area contributed by atoms with Crippen molar-refractivity contribution < 1.29 is 4.74 Å². The molecule has 0 spiro atoms. The molecule has 2 rings (SSSR count). The van der Waals surface area contributed by atoms with Crippen molar-refractivity contribution in [2.75, 3.05) is 0 Å². The van der Waals surface area contributed by atoms with Crippen LogP contribution in [0.3, 0.4) is 0 Å². The van der Waals surface area contributed by atoms with Gasteiger partial charge in [-0.25, -0.2) is 4.99 Å². The summed E-state index contributed by atoms with van der Waals surface area (Å²) in [5.41, 5.74) is 0. The minimum absolute atomic E-state index is 0.439. The minimum atomic E-state index is 0.439. The molecule has 0 aromatic heterocycles. The van der Waals surface area contributed by atoms with Gasteiger partial charge in [-0.15, -0.1) is 0 Å². The van der Waals surface area contributed by atoms with E-state index in [4.69, 9.17) is 4.74 Å². The first kappa shape index (κ1) is 6.20. The van der Waals surface area contributed by atoms with Gasteiger partial charge >= 0.3 is 0 Å². The van der Waals surface area contributed by atoms with Crippen molar-refractivity contribution in [3.63, 3.8) is 0 Å². The first-order chi connectivity index (χ1) is 4.86. The van der Waals surface area contributed by atoms with Gasteiger partial charge < -0.3 is 4.74 Å². The van der Waals surface area contributed by atoms with Crippen LogP contribution in [0.4, 0.5) is 0 Å². The van der Waals surface area contributed by atoms with Crippen molar-refractivity contribution in [2.24, 2.45) is 4.99 Å². The number of hydrogen-bond donors (Lipinski definition) is 0. The number of rotatable bonds is 0. The van der Waals surface area contributed by atoms with Crippen LogP contribution in [0.5, 0.6) is 0 Å². The maximum atomic E-state index is 5.52. The third-order valence-corrected chi connectivity index (χ3v) is 2.34. The Balaban J connectivity index is 2.06. The molecular formula is C8H13NO. The van der Waals surface area contributed by atoms with Crippen LogP contribution in [-0.4, -0.2) is 18.0 Å². The molecule has 0 bridgehead atoms. The predicted molar refractivity (Wildman–Crippen MR) is 40.2 cm³/mol. The summed E-state index contributed by atoms with van der Waals surface area (Å²) in [5, 5.41) is 0. The summed E-state index contributed by atoms with van der Waals surface area (Å²) in [5.74, 6) is 0.900. The summed E-state index contributed by atoms with van der Waals surface area (Å²) in [6.45, 7) is 1.96. The number of aliphatic imine (C=N–C) groups is 1. The molecule has 1 aliphatic carbocycles. The fourth-order valence-corrected chi connectivity index (χ4v) is 1.85.